The number of aryl methyl sites for hydroxylation is 2. The van der Waals surface area contributed by atoms with Gasteiger partial charge in [0.15, 0.2) is 11.5 Å². The van der Waals surface area contributed by atoms with Crippen molar-refractivity contribution in [2.45, 2.75) is 20.4 Å². The fourth-order valence-electron chi connectivity index (χ4n) is 2.73. The first-order chi connectivity index (χ1) is 11.2. The van der Waals surface area contributed by atoms with E-state index in [2.05, 4.69) is 59.8 Å². The zero-order valence-electron chi connectivity index (χ0n) is 13.2. The van der Waals surface area contributed by atoms with Crippen molar-refractivity contribution in [3.05, 3.63) is 70.7 Å². The van der Waals surface area contributed by atoms with E-state index >= 15 is 0 Å². The number of aromatic nitrogens is 3. The summed E-state index contributed by atoms with van der Waals surface area (Å²) in [5.74, 6) is 0.998. The third-order valence-corrected chi connectivity index (χ3v) is 4.92. The van der Waals surface area contributed by atoms with Crippen molar-refractivity contribution in [2.75, 3.05) is 0 Å². The van der Waals surface area contributed by atoms with Crippen molar-refractivity contribution >= 4 is 22.5 Å². The molecule has 0 saturated heterocycles. The first kappa shape index (κ1) is 14.2. The highest BCUT2D eigenvalue weighted by atomic mass is 32.1. The van der Waals surface area contributed by atoms with E-state index in [1.807, 2.05) is 18.3 Å². The maximum Gasteiger partial charge on any atom is 0.160 e. The van der Waals surface area contributed by atoms with Crippen LogP contribution >= 0.6 is 11.3 Å². The molecule has 23 heavy (non-hydrogen) atoms. The van der Waals surface area contributed by atoms with Gasteiger partial charge < -0.3 is 4.57 Å². The van der Waals surface area contributed by atoms with Gasteiger partial charge in [-0.15, -0.1) is 11.3 Å². The first-order valence-corrected chi connectivity index (χ1v) is 8.46. The Hall–Kier alpha value is -2.46. The molecule has 0 aliphatic heterocycles. The summed E-state index contributed by atoms with van der Waals surface area (Å²) in [5, 5.41) is 0. The number of thiophene rings is 1. The quantitative estimate of drug-likeness (QED) is 0.542. The van der Waals surface area contributed by atoms with E-state index < -0.39 is 0 Å². The van der Waals surface area contributed by atoms with E-state index in [1.54, 1.807) is 11.3 Å². The molecular weight excluding hydrogens is 302 g/mol. The summed E-state index contributed by atoms with van der Waals surface area (Å²) in [6.45, 7) is 5.01. The lowest BCUT2D eigenvalue weighted by molar-refractivity contribution is 0.825. The molecule has 114 valence electrons. The molecule has 0 N–H and O–H groups in total. The summed E-state index contributed by atoms with van der Waals surface area (Å²) in [4.78, 5) is 11.9. The normalized spacial score (nSPS) is 11.2. The predicted molar refractivity (Wildman–Crippen MR) is 95.9 cm³/mol. The minimum atomic E-state index is 0.778. The summed E-state index contributed by atoms with van der Waals surface area (Å²) >= 11 is 1.77. The van der Waals surface area contributed by atoms with E-state index in [1.165, 1.54) is 20.9 Å². The molecule has 3 aromatic heterocycles. The third-order valence-electron chi connectivity index (χ3n) is 3.93. The zero-order valence-corrected chi connectivity index (χ0v) is 14.0. The predicted octanol–water partition coefficient (Wildman–Crippen LogP) is 4.82. The Morgan fingerprint density at radius 3 is 2.57 bits per heavy atom. The molecule has 0 fully saturated rings. The summed E-state index contributed by atoms with van der Waals surface area (Å²) < 4.78 is 2.21. The number of hydrogen-bond donors (Lipinski definition) is 0. The van der Waals surface area contributed by atoms with Crippen LogP contribution in [0.3, 0.4) is 0 Å². The fourth-order valence-corrected chi connectivity index (χ4v) is 3.59. The van der Waals surface area contributed by atoms with Crippen LogP contribution in [0, 0.1) is 13.8 Å². The molecule has 4 aromatic rings. The monoisotopic (exact) mass is 319 g/mol. The number of rotatable bonds is 3. The Balaban J connectivity index is 1.87. The molecule has 3 heterocycles. The summed E-state index contributed by atoms with van der Waals surface area (Å²) in [5.41, 5.74) is 4.42. The van der Waals surface area contributed by atoms with Crippen LogP contribution in [-0.2, 0) is 6.54 Å². The molecular formula is C19H17N3S. The number of fused-ring (bicyclic) bond motifs is 1. The smallest absolute Gasteiger partial charge is 0.160 e. The van der Waals surface area contributed by atoms with Gasteiger partial charge in [-0.2, -0.15) is 0 Å². The van der Waals surface area contributed by atoms with Gasteiger partial charge in [-0.3, -0.25) is 0 Å². The Labute approximate surface area is 139 Å². The molecule has 0 aliphatic rings. The highest BCUT2D eigenvalue weighted by Crippen LogP contribution is 2.30. The Morgan fingerprint density at radius 2 is 1.83 bits per heavy atom. The molecule has 0 spiro atoms. The number of benzene rings is 1. The van der Waals surface area contributed by atoms with Gasteiger partial charge in [0.25, 0.3) is 0 Å². The molecule has 0 radical (unpaired) electrons. The fraction of sp³-hybridized carbons (Fsp3) is 0.158. The number of nitrogens with zero attached hydrogens (tertiary/aromatic N) is 3. The van der Waals surface area contributed by atoms with Crippen LogP contribution in [0.25, 0.3) is 21.9 Å². The minimum absolute atomic E-state index is 0.778. The lowest BCUT2D eigenvalue weighted by Crippen LogP contribution is -2.02. The van der Waals surface area contributed by atoms with Gasteiger partial charge in [-0.05, 0) is 43.7 Å². The summed E-state index contributed by atoms with van der Waals surface area (Å²) in [6, 6.07) is 16.9. The summed E-state index contributed by atoms with van der Waals surface area (Å²) in [7, 11) is 0. The Bertz CT molecular complexity index is 964. The van der Waals surface area contributed by atoms with Gasteiger partial charge >= 0.3 is 0 Å². The van der Waals surface area contributed by atoms with E-state index in [0.29, 0.717) is 0 Å². The maximum absolute atomic E-state index is 4.82. The van der Waals surface area contributed by atoms with Crippen LogP contribution in [0.1, 0.15) is 16.0 Å². The lowest BCUT2D eigenvalue weighted by atomic mass is 10.1. The maximum atomic E-state index is 4.82. The van der Waals surface area contributed by atoms with Gasteiger partial charge in [0.1, 0.15) is 5.52 Å². The second-order valence-corrected chi connectivity index (χ2v) is 7.05. The highest BCUT2D eigenvalue weighted by Gasteiger charge is 2.15. The standard InChI is InChI=1S/C19H17N3S/c1-13-5-8-15(9-6-13)12-22-18-16(4-3-11-20-18)21-19(22)17-10-7-14(2)23-17/h3-11H,12H2,1-2H3. The lowest BCUT2D eigenvalue weighted by Gasteiger charge is -2.08. The van der Waals surface area contributed by atoms with E-state index in [0.717, 1.165) is 23.5 Å². The van der Waals surface area contributed by atoms with Gasteiger partial charge in [-0.1, -0.05) is 29.8 Å². The average molecular weight is 319 g/mol. The molecule has 1 aromatic carbocycles. The molecule has 4 rings (SSSR count). The topological polar surface area (TPSA) is 30.7 Å². The van der Waals surface area contributed by atoms with E-state index in [-0.39, 0.29) is 0 Å². The number of hydrogen-bond acceptors (Lipinski definition) is 3. The highest BCUT2D eigenvalue weighted by molar-refractivity contribution is 7.15. The van der Waals surface area contributed by atoms with Crippen molar-refractivity contribution in [2.24, 2.45) is 0 Å². The molecule has 0 atom stereocenters. The molecule has 0 unspecified atom stereocenters. The molecule has 0 amide bonds. The van der Waals surface area contributed by atoms with Crippen molar-refractivity contribution in [1.29, 1.82) is 0 Å². The van der Waals surface area contributed by atoms with Crippen molar-refractivity contribution in [3.8, 4) is 10.7 Å². The van der Waals surface area contributed by atoms with Crippen LogP contribution in [-0.4, -0.2) is 14.5 Å². The molecule has 0 aliphatic carbocycles. The SMILES string of the molecule is Cc1ccc(Cn2c(-c3ccc(C)s3)nc3cccnc32)cc1. The van der Waals surface area contributed by atoms with Crippen molar-refractivity contribution < 1.29 is 0 Å². The van der Waals surface area contributed by atoms with Crippen molar-refractivity contribution in [3.63, 3.8) is 0 Å². The van der Waals surface area contributed by atoms with Crippen LogP contribution < -0.4 is 0 Å². The Kier molecular flexibility index (Phi) is 3.46. The summed E-state index contributed by atoms with van der Waals surface area (Å²) in [6.07, 6.45) is 1.83. The second kappa shape index (κ2) is 5.63. The van der Waals surface area contributed by atoms with E-state index in [4.69, 9.17) is 4.98 Å². The first-order valence-electron chi connectivity index (χ1n) is 7.64. The van der Waals surface area contributed by atoms with Crippen LogP contribution in [0.15, 0.2) is 54.7 Å². The largest absolute Gasteiger partial charge is 0.304 e. The van der Waals surface area contributed by atoms with Gasteiger partial charge in [0.05, 0.1) is 11.4 Å². The van der Waals surface area contributed by atoms with Gasteiger partial charge in [-0.25, -0.2) is 9.97 Å². The third kappa shape index (κ3) is 2.66. The molecule has 3 nitrogen and oxygen atoms in total. The zero-order chi connectivity index (χ0) is 15.8. The molecule has 4 heteroatoms. The molecule has 0 saturated carbocycles. The van der Waals surface area contributed by atoms with Crippen molar-refractivity contribution in [1.82, 2.24) is 14.5 Å². The Morgan fingerprint density at radius 1 is 1.00 bits per heavy atom. The average Bonchev–Trinajstić information content (AvgIpc) is 3.14. The number of imidazole rings is 1. The van der Waals surface area contributed by atoms with Gasteiger partial charge in [0, 0.05) is 11.1 Å². The number of pyridine rings is 1. The second-order valence-electron chi connectivity index (χ2n) is 5.76. The van der Waals surface area contributed by atoms with Gasteiger partial charge in [0.2, 0.25) is 0 Å². The van der Waals surface area contributed by atoms with E-state index in [9.17, 15) is 0 Å². The van der Waals surface area contributed by atoms with Crippen LogP contribution in [0.5, 0.6) is 0 Å². The molecule has 0 bridgehead atoms. The minimum Gasteiger partial charge on any atom is -0.304 e. The van der Waals surface area contributed by atoms with Crippen LogP contribution in [0.4, 0.5) is 0 Å². The van der Waals surface area contributed by atoms with Crippen LogP contribution in [0.2, 0.25) is 0 Å².